The van der Waals surface area contributed by atoms with Crippen LogP contribution in [0.25, 0.3) is 5.57 Å². The van der Waals surface area contributed by atoms with Gasteiger partial charge in [-0.15, -0.1) is 0 Å². The number of nitriles is 1. The maximum atomic E-state index is 9.61. The number of piperidine rings is 1. The number of ether oxygens (including phenoxy) is 1. The predicted octanol–water partition coefficient (Wildman–Crippen LogP) is 3.96. The zero-order chi connectivity index (χ0) is 16.2. The van der Waals surface area contributed by atoms with Crippen LogP contribution in [-0.2, 0) is 4.74 Å². The normalized spacial score (nSPS) is 21.0. The number of rotatable bonds is 3. The lowest BCUT2D eigenvalue weighted by Gasteiger charge is -2.27. The van der Waals surface area contributed by atoms with Crippen molar-refractivity contribution in [1.29, 1.82) is 5.26 Å². The molecule has 122 valence electrons. The van der Waals surface area contributed by atoms with E-state index in [1.165, 1.54) is 19.3 Å². The molecule has 23 heavy (non-hydrogen) atoms. The van der Waals surface area contributed by atoms with Crippen LogP contribution in [0.1, 0.15) is 37.5 Å². The zero-order valence-corrected chi connectivity index (χ0v) is 13.8. The highest BCUT2D eigenvalue weighted by Gasteiger charge is 2.21. The average molecular weight is 311 g/mol. The summed E-state index contributed by atoms with van der Waals surface area (Å²) in [4.78, 5) is 5.82. The van der Waals surface area contributed by atoms with Crippen LogP contribution in [0.5, 0.6) is 0 Å². The second-order valence-corrected chi connectivity index (χ2v) is 6.07. The van der Waals surface area contributed by atoms with Gasteiger partial charge in [0, 0.05) is 21.6 Å². The smallest absolute Gasteiger partial charge is 0.124 e. The summed E-state index contributed by atoms with van der Waals surface area (Å²) in [5.41, 5.74) is 3.90. The third kappa shape index (κ3) is 3.11. The fourth-order valence-corrected chi connectivity index (χ4v) is 3.27. The number of hydrogen-bond donors (Lipinski definition) is 1. The van der Waals surface area contributed by atoms with Crippen LogP contribution in [0.4, 0.5) is 5.82 Å². The Labute approximate surface area is 139 Å². The molecule has 0 amide bonds. The summed E-state index contributed by atoms with van der Waals surface area (Å²) in [5, 5.41) is 9.61. The second-order valence-electron chi connectivity index (χ2n) is 6.07. The van der Waals surface area contributed by atoms with E-state index < -0.39 is 0 Å². The Morgan fingerprint density at radius 1 is 1.30 bits per heavy atom. The van der Waals surface area contributed by atoms with Gasteiger partial charge in [-0.3, -0.25) is 0 Å². The molecule has 0 spiro atoms. The molecule has 0 saturated carbocycles. The van der Waals surface area contributed by atoms with Crippen molar-refractivity contribution in [3.63, 3.8) is 0 Å². The minimum absolute atomic E-state index is 0. The van der Waals surface area contributed by atoms with E-state index in [2.05, 4.69) is 28.1 Å². The van der Waals surface area contributed by atoms with Crippen molar-refractivity contribution in [2.45, 2.75) is 32.3 Å². The molecular weight excluding hydrogens is 286 g/mol. The standard InChI is InChI=1S/C19H23N3O.H2/c1-14-17(13-20)19(22-11-4-3-5-12-22)21-18(14)15-7-6-8-16(23-2)10-9-15;/h6-10,16,21H,3-5,11-12H2,1-2H3;1H. The average Bonchev–Trinajstić information content (AvgIpc) is 2.77. The SMILES string of the molecule is COC1C=CC=C(c2[nH]c(N3CCCCC3)c(C#N)c2C)C=C1.[HH]. The molecule has 1 aromatic rings. The van der Waals surface area contributed by atoms with E-state index in [4.69, 9.17) is 4.74 Å². The number of H-pyrrole nitrogens is 1. The molecule has 2 heterocycles. The van der Waals surface area contributed by atoms with Gasteiger partial charge in [0.25, 0.3) is 0 Å². The number of aromatic amines is 1. The highest BCUT2D eigenvalue weighted by molar-refractivity contribution is 5.80. The van der Waals surface area contributed by atoms with Gasteiger partial charge in [-0.25, -0.2) is 0 Å². The maximum absolute atomic E-state index is 9.61. The van der Waals surface area contributed by atoms with Crippen LogP contribution in [0.2, 0.25) is 0 Å². The van der Waals surface area contributed by atoms with E-state index >= 15 is 0 Å². The van der Waals surface area contributed by atoms with Gasteiger partial charge < -0.3 is 14.6 Å². The molecule has 3 rings (SSSR count). The molecular formula is C19H25N3O. The van der Waals surface area contributed by atoms with Gasteiger partial charge in [-0.05, 0) is 37.3 Å². The lowest BCUT2D eigenvalue weighted by atomic mass is 10.1. The second kappa shape index (κ2) is 6.89. The van der Waals surface area contributed by atoms with Crippen molar-refractivity contribution in [1.82, 2.24) is 4.98 Å². The first-order valence-corrected chi connectivity index (χ1v) is 8.22. The molecule has 4 nitrogen and oxygen atoms in total. The lowest BCUT2D eigenvalue weighted by molar-refractivity contribution is 0.178. The molecule has 1 aliphatic heterocycles. The van der Waals surface area contributed by atoms with Crippen molar-refractivity contribution in [2.24, 2.45) is 0 Å². The highest BCUT2D eigenvalue weighted by Crippen LogP contribution is 2.32. The minimum atomic E-state index is -0.00368. The monoisotopic (exact) mass is 311 g/mol. The Morgan fingerprint density at radius 3 is 2.78 bits per heavy atom. The third-order valence-electron chi connectivity index (χ3n) is 4.62. The van der Waals surface area contributed by atoms with Crippen LogP contribution in [0, 0.1) is 18.3 Å². The lowest BCUT2D eigenvalue weighted by Crippen LogP contribution is -2.30. The third-order valence-corrected chi connectivity index (χ3v) is 4.62. The van der Waals surface area contributed by atoms with E-state index in [0.717, 1.165) is 41.3 Å². The fourth-order valence-electron chi connectivity index (χ4n) is 3.27. The van der Waals surface area contributed by atoms with Crippen LogP contribution < -0.4 is 4.90 Å². The zero-order valence-electron chi connectivity index (χ0n) is 13.8. The summed E-state index contributed by atoms with van der Waals surface area (Å²) in [6, 6.07) is 2.39. The number of methoxy groups -OCH3 is 1. The van der Waals surface area contributed by atoms with Gasteiger partial charge in [0.05, 0.1) is 17.4 Å². The Hall–Kier alpha value is -2.25. The van der Waals surface area contributed by atoms with Gasteiger partial charge in [-0.1, -0.05) is 30.4 Å². The Bertz CT molecular complexity index is 703. The minimum Gasteiger partial charge on any atom is -0.373 e. The van der Waals surface area contributed by atoms with E-state index in [-0.39, 0.29) is 7.53 Å². The predicted molar refractivity (Wildman–Crippen MR) is 95.5 cm³/mol. The first-order valence-electron chi connectivity index (χ1n) is 8.22. The van der Waals surface area contributed by atoms with Crippen LogP contribution >= 0.6 is 0 Å². The summed E-state index contributed by atoms with van der Waals surface area (Å²) < 4.78 is 5.35. The molecule has 1 aliphatic carbocycles. The molecule has 0 radical (unpaired) electrons. The van der Waals surface area contributed by atoms with Gasteiger partial charge in [0.1, 0.15) is 11.9 Å². The Kier molecular flexibility index (Phi) is 4.68. The van der Waals surface area contributed by atoms with E-state index in [9.17, 15) is 5.26 Å². The number of hydrogen-bond acceptors (Lipinski definition) is 3. The van der Waals surface area contributed by atoms with Crippen molar-refractivity contribution >= 4 is 11.4 Å². The molecule has 1 saturated heterocycles. The molecule has 4 heteroatoms. The first-order chi connectivity index (χ1) is 11.2. The molecule has 0 bridgehead atoms. The summed E-state index contributed by atoms with van der Waals surface area (Å²) in [6.07, 6.45) is 13.8. The summed E-state index contributed by atoms with van der Waals surface area (Å²) in [5.74, 6) is 0.977. The number of allylic oxidation sites excluding steroid dienone is 4. The largest absolute Gasteiger partial charge is 0.373 e. The number of aromatic nitrogens is 1. The maximum Gasteiger partial charge on any atom is 0.124 e. The molecule has 1 fully saturated rings. The summed E-state index contributed by atoms with van der Waals surface area (Å²) >= 11 is 0. The van der Waals surface area contributed by atoms with E-state index in [1.807, 2.05) is 25.2 Å². The summed E-state index contributed by atoms with van der Waals surface area (Å²) in [6.45, 7) is 4.07. The van der Waals surface area contributed by atoms with Crippen molar-refractivity contribution < 1.29 is 6.16 Å². The number of nitrogens with zero attached hydrogens (tertiary/aromatic N) is 2. The Morgan fingerprint density at radius 2 is 2.09 bits per heavy atom. The molecule has 1 aromatic heterocycles. The number of anilines is 1. The van der Waals surface area contributed by atoms with Crippen molar-refractivity contribution in [2.75, 3.05) is 25.1 Å². The molecule has 1 unspecified atom stereocenters. The van der Waals surface area contributed by atoms with Crippen LogP contribution in [0.15, 0.2) is 30.4 Å². The number of nitrogens with one attached hydrogen (secondary N) is 1. The van der Waals surface area contributed by atoms with E-state index in [1.54, 1.807) is 7.11 Å². The summed E-state index contributed by atoms with van der Waals surface area (Å²) in [7, 11) is 1.70. The first kappa shape index (κ1) is 15.6. The molecule has 0 aromatic carbocycles. The van der Waals surface area contributed by atoms with Crippen LogP contribution in [-0.4, -0.2) is 31.3 Å². The Balaban J connectivity index is 0.00000208. The quantitative estimate of drug-likeness (QED) is 0.919. The van der Waals surface area contributed by atoms with Crippen LogP contribution in [0.3, 0.4) is 0 Å². The van der Waals surface area contributed by atoms with Gasteiger partial charge in [0.2, 0.25) is 0 Å². The highest BCUT2D eigenvalue weighted by atomic mass is 16.5. The van der Waals surface area contributed by atoms with Gasteiger partial charge in [0.15, 0.2) is 0 Å². The molecule has 1 N–H and O–H groups in total. The van der Waals surface area contributed by atoms with Crippen molar-refractivity contribution in [3.8, 4) is 6.07 Å². The fraction of sp³-hybridized carbons (Fsp3) is 0.421. The molecule has 2 aliphatic rings. The molecule has 1 atom stereocenters. The van der Waals surface area contributed by atoms with Gasteiger partial charge >= 0.3 is 0 Å². The topological polar surface area (TPSA) is 52.0 Å². The van der Waals surface area contributed by atoms with E-state index in [0.29, 0.717) is 0 Å². The van der Waals surface area contributed by atoms with Crippen molar-refractivity contribution in [3.05, 3.63) is 47.2 Å². The van der Waals surface area contributed by atoms with Gasteiger partial charge in [-0.2, -0.15) is 5.26 Å².